The fourth-order valence-corrected chi connectivity index (χ4v) is 5.09. The first-order valence-corrected chi connectivity index (χ1v) is 11.3. The number of H-pyrrole nitrogens is 1. The van der Waals surface area contributed by atoms with Crippen LogP contribution in [0, 0.1) is 0 Å². The van der Waals surface area contributed by atoms with Crippen LogP contribution < -0.4 is 15.8 Å². The van der Waals surface area contributed by atoms with Gasteiger partial charge in [-0.2, -0.15) is 0 Å². The van der Waals surface area contributed by atoms with E-state index in [-0.39, 0.29) is 5.56 Å². The van der Waals surface area contributed by atoms with Crippen LogP contribution in [0.2, 0.25) is 0 Å². The highest BCUT2D eigenvalue weighted by Crippen LogP contribution is 2.31. The van der Waals surface area contributed by atoms with E-state index in [1.165, 1.54) is 36.3 Å². The summed E-state index contributed by atoms with van der Waals surface area (Å²) in [4.78, 5) is 23.8. The Bertz CT molecular complexity index is 1210. The zero-order chi connectivity index (χ0) is 20.3. The number of rotatable bonds is 5. The minimum absolute atomic E-state index is 0.0822. The second-order valence-electron chi connectivity index (χ2n) is 7.63. The minimum atomic E-state index is -0.0822. The van der Waals surface area contributed by atoms with Crippen molar-refractivity contribution in [2.24, 2.45) is 0 Å². The third-order valence-corrected chi connectivity index (χ3v) is 6.50. The first kappa shape index (κ1) is 18.9. The smallest absolute Gasteiger partial charge is 0.260 e. The number of anilines is 2. The van der Waals surface area contributed by atoms with Crippen LogP contribution in [0.1, 0.15) is 25.1 Å². The van der Waals surface area contributed by atoms with Gasteiger partial charge < -0.3 is 15.2 Å². The number of piperidine rings is 1. The molecule has 0 radical (unpaired) electrons. The summed E-state index contributed by atoms with van der Waals surface area (Å²) in [5.74, 6) is 0.655. The normalized spacial score (nSPS) is 14.2. The predicted octanol–water partition coefficient (Wildman–Crippen LogP) is 5.25. The average molecular weight is 417 g/mol. The Balaban J connectivity index is 1.40. The third-order valence-electron chi connectivity index (χ3n) is 5.62. The summed E-state index contributed by atoms with van der Waals surface area (Å²) < 4.78 is 0. The van der Waals surface area contributed by atoms with Crippen molar-refractivity contribution in [1.29, 1.82) is 0 Å². The van der Waals surface area contributed by atoms with E-state index in [0.717, 1.165) is 34.7 Å². The highest BCUT2D eigenvalue weighted by atomic mass is 32.1. The summed E-state index contributed by atoms with van der Waals surface area (Å²) in [5, 5.41) is 6.18. The number of aromatic nitrogens is 2. The van der Waals surface area contributed by atoms with Gasteiger partial charge in [-0.1, -0.05) is 42.5 Å². The number of nitrogens with one attached hydrogen (secondary N) is 2. The average Bonchev–Trinajstić information content (AvgIpc) is 3.24. The molecule has 3 heterocycles. The number of hydrogen-bond donors (Lipinski definition) is 2. The molecule has 0 aliphatic carbocycles. The zero-order valence-electron chi connectivity index (χ0n) is 16.7. The second-order valence-corrected chi connectivity index (χ2v) is 8.48. The highest BCUT2D eigenvalue weighted by Gasteiger charge is 2.15. The molecule has 6 heteroatoms. The summed E-state index contributed by atoms with van der Waals surface area (Å²) in [5.41, 5.74) is 4.21. The van der Waals surface area contributed by atoms with Crippen molar-refractivity contribution in [2.45, 2.75) is 25.8 Å². The van der Waals surface area contributed by atoms with Crippen LogP contribution in [0.15, 0.2) is 64.8 Å². The van der Waals surface area contributed by atoms with Gasteiger partial charge in [-0.3, -0.25) is 4.79 Å². The summed E-state index contributed by atoms with van der Waals surface area (Å²) in [6, 6.07) is 18.4. The van der Waals surface area contributed by atoms with Gasteiger partial charge in [0.15, 0.2) is 0 Å². The Morgan fingerprint density at radius 1 is 1.00 bits per heavy atom. The zero-order valence-corrected chi connectivity index (χ0v) is 17.5. The van der Waals surface area contributed by atoms with Gasteiger partial charge in [0.25, 0.3) is 5.56 Å². The number of para-hydroxylation sites is 2. The van der Waals surface area contributed by atoms with Crippen molar-refractivity contribution in [1.82, 2.24) is 9.97 Å². The maximum atomic E-state index is 12.9. The van der Waals surface area contributed by atoms with Crippen molar-refractivity contribution in [3.63, 3.8) is 0 Å². The molecule has 1 aliphatic rings. The van der Waals surface area contributed by atoms with Crippen LogP contribution in [-0.2, 0) is 6.54 Å². The lowest BCUT2D eigenvalue weighted by Crippen LogP contribution is -2.30. The number of thiophene rings is 1. The summed E-state index contributed by atoms with van der Waals surface area (Å²) in [6.45, 7) is 2.67. The second kappa shape index (κ2) is 8.32. The van der Waals surface area contributed by atoms with Gasteiger partial charge in [-0.25, -0.2) is 4.98 Å². The number of nitrogens with zero attached hydrogens (tertiary/aromatic N) is 2. The number of benzene rings is 2. The summed E-state index contributed by atoms with van der Waals surface area (Å²) in [6.07, 6.45) is 3.78. The Morgan fingerprint density at radius 3 is 2.60 bits per heavy atom. The molecule has 0 amide bonds. The summed E-state index contributed by atoms with van der Waals surface area (Å²) in [7, 11) is 0. The van der Waals surface area contributed by atoms with Crippen molar-refractivity contribution < 1.29 is 0 Å². The number of hydrogen-bond acceptors (Lipinski definition) is 5. The van der Waals surface area contributed by atoms with Crippen LogP contribution in [0.3, 0.4) is 0 Å². The molecule has 152 valence electrons. The highest BCUT2D eigenvalue weighted by molar-refractivity contribution is 7.17. The Hall–Kier alpha value is -3.12. The van der Waals surface area contributed by atoms with Gasteiger partial charge >= 0.3 is 0 Å². The molecule has 0 saturated carbocycles. The van der Waals surface area contributed by atoms with Crippen LogP contribution in [0.4, 0.5) is 11.4 Å². The fraction of sp³-hybridized carbons (Fsp3) is 0.250. The van der Waals surface area contributed by atoms with Crippen molar-refractivity contribution in [3.8, 4) is 11.1 Å². The van der Waals surface area contributed by atoms with Crippen LogP contribution in [0.5, 0.6) is 0 Å². The molecule has 5 rings (SSSR count). The van der Waals surface area contributed by atoms with Gasteiger partial charge in [0, 0.05) is 24.0 Å². The van der Waals surface area contributed by atoms with Crippen molar-refractivity contribution >= 4 is 32.9 Å². The van der Waals surface area contributed by atoms with E-state index in [4.69, 9.17) is 4.98 Å². The standard InChI is InChI=1S/C24H24N4OS/c29-23-22-18(17-9-3-1-4-10-17)16-30-24(22)27-21(26-23)15-25-19-11-5-6-12-20(19)28-13-7-2-8-14-28/h1,3-6,9-12,16,25H,2,7-8,13-15H2,(H,26,27,29). The minimum Gasteiger partial charge on any atom is -0.376 e. The molecule has 5 nitrogen and oxygen atoms in total. The molecule has 1 aliphatic heterocycles. The van der Waals surface area contributed by atoms with E-state index in [9.17, 15) is 4.79 Å². The maximum Gasteiger partial charge on any atom is 0.260 e. The molecule has 2 aromatic heterocycles. The van der Waals surface area contributed by atoms with E-state index in [1.54, 1.807) is 0 Å². The maximum absolute atomic E-state index is 12.9. The molecular formula is C24H24N4OS. The molecule has 0 spiro atoms. The summed E-state index contributed by atoms with van der Waals surface area (Å²) >= 11 is 1.52. The molecule has 0 atom stereocenters. The van der Waals surface area contributed by atoms with Crippen molar-refractivity contribution in [3.05, 3.63) is 76.2 Å². The van der Waals surface area contributed by atoms with Gasteiger partial charge in [0.2, 0.25) is 0 Å². The van der Waals surface area contributed by atoms with Gasteiger partial charge in [0.1, 0.15) is 10.7 Å². The molecule has 1 saturated heterocycles. The lowest BCUT2D eigenvalue weighted by molar-refractivity contribution is 0.578. The number of fused-ring (bicyclic) bond motifs is 1. The van der Waals surface area contributed by atoms with Crippen LogP contribution in [-0.4, -0.2) is 23.1 Å². The molecule has 2 N–H and O–H groups in total. The number of aromatic amines is 1. The molecule has 1 fully saturated rings. The molecular weight excluding hydrogens is 392 g/mol. The first-order valence-electron chi connectivity index (χ1n) is 10.4. The van der Waals surface area contributed by atoms with E-state index < -0.39 is 0 Å². The molecule has 0 unspecified atom stereocenters. The monoisotopic (exact) mass is 416 g/mol. The van der Waals surface area contributed by atoms with E-state index >= 15 is 0 Å². The van der Waals surface area contributed by atoms with Gasteiger partial charge in [-0.05, 0) is 37.0 Å². The molecule has 0 bridgehead atoms. The Kier molecular flexibility index (Phi) is 5.24. The lowest BCUT2D eigenvalue weighted by Gasteiger charge is -2.30. The first-order chi connectivity index (χ1) is 14.8. The topological polar surface area (TPSA) is 61.0 Å². The largest absolute Gasteiger partial charge is 0.376 e. The third kappa shape index (κ3) is 3.71. The molecule has 30 heavy (non-hydrogen) atoms. The van der Waals surface area contributed by atoms with E-state index in [1.807, 2.05) is 41.8 Å². The van der Waals surface area contributed by atoms with Crippen LogP contribution in [0.25, 0.3) is 21.3 Å². The van der Waals surface area contributed by atoms with Gasteiger partial charge in [0.05, 0.1) is 23.3 Å². The Morgan fingerprint density at radius 2 is 1.77 bits per heavy atom. The lowest BCUT2D eigenvalue weighted by atomic mass is 10.1. The predicted molar refractivity (Wildman–Crippen MR) is 126 cm³/mol. The van der Waals surface area contributed by atoms with E-state index in [2.05, 4.69) is 33.4 Å². The van der Waals surface area contributed by atoms with E-state index in [0.29, 0.717) is 17.8 Å². The fourth-order valence-electron chi connectivity index (χ4n) is 4.12. The Labute approximate surface area is 179 Å². The molecule has 4 aromatic rings. The SMILES string of the molecule is O=c1[nH]c(CNc2ccccc2N2CCCCC2)nc2scc(-c3ccccc3)c12. The quantitative estimate of drug-likeness (QED) is 0.466. The van der Waals surface area contributed by atoms with Crippen LogP contribution >= 0.6 is 11.3 Å². The van der Waals surface area contributed by atoms with Crippen molar-refractivity contribution in [2.75, 3.05) is 23.3 Å². The molecule has 2 aromatic carbocycles. The van der Waals surface area contributed by atoms with Gasteiger partial charge in [-0.15, -0.1) is 11.3 Å².